The molecular weight excluding hydrogens is 224 g/mol. The number of carbonyl (C=O) groups excluding carboxylic acids is 1. The zero-order chi connectivity index (χ0) is 12.8. The van der Waals surface area contributed by atoms with Crippen LogP contribution in [0.15, 0.2) is 24.3 Å². The van der Waals surface area contributed by atoms with Crippen molar-refractivity contribution in [3.05, 3.63) is 35.4 Å². The second-order valence-corrected chi connectivity index (χ2v) is 5.29. The van der Waals surface area contributed by atoms with Gasteiger partial charge < -0.3 is 4.74 Å². The molecule has 0 N–H and O–H groups in total. The normalized spacial score (nSPS) is 16.7. The van der Waals surface area contributed by atoms with E-state index in [9.17, 15) is 4.79 Å². The lowest BCUT2D eigenvalue weighted by Gasteiger charge is -2.21. The second kappa shape index (κ2) is 6.69. The average Bonchev–Trinajstić information content (AvgIpc) is 2.38. The number of Topliss-reactive ketones (excluding diaryl/α,β-unsaturated/α-hetero) is 1. The van der Waals surface area contributed by atoms with Crippen molar-refractivity contribution < 1.29 is 9.53 Å². The van der Waals surface area contributed by atoms with Gasteiger partial charge in [0.15, 0.2) is 0 Å². The maximum absolute atomic E-state index is 11.9. The minimum Gasteiger partial charge on any atom is -0.381 e. The Hall–Kier alpha value is -1.15. The lowest BCUT2D eigenvalue weighted by molar-refractivity contribution is -0.120. The largest absolute Gasteiger partial charge is 0.381 e. The molecule has 2 rings (SSSR count). The van der Waals surface area contributed by atoms with Gasteiger partial charge in [-0.25, -0.2) is 0 Å². The molecule has 0 radical (unpaired) electrons. The molecule has 1 aliphatic rings. The summed E-state index contributed by atoms with van der Waals surface area (Å²) in [6, 6.07) is 8.43. The summed E-state index contributed by atoms with van der Waals surface area (Å²) in [5.41, 5.74) is 2.54. The molecule has 0 atom stereocenters. The molecular formula is C16H22O2. The first-order valence-electron chi connectivity index (χ1n) is 6.89. The number of aryl methyl sites for hydroxylation is 2. The standard InChI is InChI=1S/C16H22O2/c1-13-3-2-4-14(11-13)5-6-16(17)12-15-7-9-18-10-8-15/h2-4,11,15H,5-10,12H2,1H3. The molecule has 1 aromatic carbocycles. The van der Waals surface area contributed by atoms with Crippen LogP contribution < -0.4 is 0 Å². The quantitative estimate of drug-likeness (QED) is 0.796. The van der Waals surface area contributed by atoms with Crippen LogP contribution >= 0.6 is 0 Å². The summed E-state index contributed by atoms with van der Waals surface area (Å²) in [5, 5.41) is 0. The van der Waals surface area contributed by atoms with Gasteiger partial charge in [0.2, 0.25) is 0 Å². The zero-order valence-electron chi connectivity index (χ0n) is 11.2. The molecule has 0 saturated carbocycles. The predicted octanol–water partition coefficient (Wildman–Crippen LogP) is 3.31. The Kier molecular flexibility index (Phi) is 4.94. The van der Waals surface area contributed by atoms with E-state index in [0.29, 0.717) is 18.1 Å². The summed E-state index contributed by atoms with van der Waals surface area (Å²) in [5.74, 6) is 0.965. The summed E-state index contributed by atoms with van der Waals surface area (Å²) in [4.78, 5) is 11.9. The smallest absolute Gasteiger partial charge is 0.133 e. The van der Waals surface area contributed by atoms with E-state index < -0.39 is 0 Å². The Balaban J connectivity index is 1.74. The summed E-state index contributed by atoms with van der Waals surface area (Å²) >= 11 is 0. The van der Waals surface area contributed by atoms with Gasteiger partial charge in [0.25, 0.3) is 0 Å². The molecule has 98 valence electrons. The first-order valence-corrected chi connectivity index (χ1v) is 6.89. The fraction of sp³-hybridized carbons (Fsp3) is 0.562. The van der Waals surface area contributed by atoms with E-state index in [1.165, 1.54) is 11.1 Å². The monoisotopic (exact) mass is 246 g/mol. The van der Waals surface area contributed by atoms with Crippen LogP contribution in [-0.2, 0) is 16.0 Å². The molecule has 1 heterocycles. The van der Waals surface area contributed by atoms with Crippen LogP contribution in [0.25, 0.3) is 0 Å². The highest BCUT2D eigenvalue weighted by molar-refractivity contribution is 5.78. The van der Waals surface area contributed by atoms with E-state index >= 15 is 0 Å². The number of ketones is 1. The van der Waals surface area contributed by atoms with Gasteiger partial charge in [-0.05, 0) is 37.7 Å². The minimum atomic E-state index is 0.406. The number of hydrogen-bond donors (Lipinski definition) is 0. The molecule has 1 fully saturated rings. The zero-order valence-corrected chi connectivity index (χ0v) is 11.2. The van der Waals surface area contributed by atoms with Gasteiger partial charge in [0.05, 0.1) is 0 Å². The van der Waals surface area contributed by atoms with Gasteiger partial charge in [0, 0.05) is 26.1 Å². The Morgan fingerprint density at radius 3 is 2.83 bits per heavy atom. The van der Waals surface area contributed by atoms with Gasteiger partial charge in [-0.2, -0.15) is 0 Å². The second-order valence-electron chi connectivity index (χ2n) is 5.29. The molecule has 1 aliphatic heterocycles. The summed E-state index contributed by atoms with van der Waals surface area (Å²) < 4.78 is 5.31. The lowest BCUT2D eigenvalue weighted by atomic mass is 9.92. The van der Waals surface area contributed by atoms with Crippen molar-refractivity contribution in [2.75, 3.05) is 13.2 Å². The molecule has 0 aromatic heterocycles. The number of hydrogen-bond acceptors (Lipinski definition) is 2. The van der Waals surface area contributed by atoms with Gasteiger partial charge in [-0.1, -0.05) is 29.8 Å². The maximum atomic E-state index is 11.9. The molecule has 1 saturated heterocycles. The van der Waals surface area contributed by atoms with Crippen molar-refractivity contribution in [3.8, 4) is 0 Å². The molecule has 0 amide bonds. The van der Waals surface area contributed by atoms with Crippen LogP contribution in [-0.4, -0.2) is 19.0 Å². The fourth-order valence-electron chi connectivity index (χ4n) is 2.53. The molecule has 18 heavy (non-hydrogen) atoms. The van der Waals surface area contributed by atoms with Crippen LogP contribution in [0.2, 0.25) is 0 Å². The Morgan fingerprint density at radius 2 is 2.11 bits per heavy atom. The summed E-state index contributed by atoms with van der Waals surface area (Å²) in [6.45, 7) is 3.75. The highest BCUT2D eigenvalue weighted by atomic mass is 16.5. The minimum absolute atomic E-state index is 0.406. The van der Waals surface area contributed by atoms with Gasteiger partial charge in [-0.3, -0.25) is 4.79 Å². The number of benzene rings is 1. The lowest BCUT2D eigenvalue weighted by Crippen LogP contribution is -2.18. The Bertz CT molecular complexity index is 392. The van der Waals surface area contributed by atoms with Crippen LogP contribution in [0.5, 0.6) is 0 Å². The summed E-state index contributed by atoms with van der Waals surface area (Å²) in [7, 11) is 0. The predicted molar refractivity (Wildman–Crippen MR) is 72.7 cm³/mol. The number of ether oxygens (including phenoxy) is 1. The van der Waals surface area contributed by atoms with Gasteiger partial charge >= 0.3 is 0 Å². The highest BCUT2D eigenvalue weighted by Crippen LogP contribution is 2.19. The van der Waals surface area contributed by atoms with Gasteiger partial charge in [0.1, 0.15) is 5.78 Å². The molecule has 0 aliphatic carbocycles. The van der Waals surface area contributed by atoms with Crippen LogP contribution in [0.4, 0.5) is 0 Å². The average molecular weight is 246 g/mol. The number of carbonyl (C=O) groups is 1. The van der Waals surface area contributed by atoms with Crippen molar-refractivity contribution in [1.82, 2.24) is 0 Å². The van der Waals surface area contributed by atoms with E-state index in [2.05, 4.69) is 31.2 Å². The Labute approximate surface area is 109 Å². The van der Waals surface area contributed by atoms with E-state index in [-0.39, 0.29) is 0 Å². The van der Waals surface area contributed by atoms with Crippen LogP contribution in [0.1, 0.15) is 36.8 Å². The third-order valence-corrected chi connectivity index (χ3v) is 3.63. The molecule has 0 bridgehead atoms. The van der Waals surface area contributed by atoms with Crippen LogP contribution in [0.3, 0.4) is 0 Å². The molecule has 2 heteroatoms. The molecule has 1 aromatic rings. The first kappa shape index (κ1) is 13.3. The van der Waals surface area contributed by atoms with E-state index in [0.717, 1.165) is 38.9 Å². The van der Waals surface area contributed by atoms with E-state index in [4.69, 9.17) is 4.74 Å². The van der Waals surface area contributed by atoms with Crippen molar-refractivity contribution in [1.29, 1.82) is 0 Å². The molecule has 0 unspecified atom stereocenters. The van der Waals surface area contributed by atoms with Crippen molar-refractivity contribution in [3.63, 3.8) is 0 Å². The van der Waals surface area contributed by atoms with Gasteiger partial charge in [-0.15, -0.1) is 0 Å². The summed E-state index contributed by atoms with van der Waals surface area (Å²) in [6.07, 6.45) is 4.41. The number of rotatable bonds is 5. The topological polar surface area (TPSA) is 26.3 Å². The highest BCUT2D eigenvalue weighted by Gasteiger charge is 2.17. The van der Waals surface area contributed by atoms with Crippen molar-refractivity contribution in [2.45, 2.75) is 39.0 Å². The van der Waals surface area contributed by atoms with Crippen LogP contribution in [0, 0.1) is 12.8 Å². The SMILES string of the molecule is Cc1cccc(CCC(=O)CC2CCOCC2)c1. The molecule has 2 nitrogen and oxygen atoms in total. The fourth-order valence-corrected chi connectivity index (χ4v) is 2.53. The first-order chi connectivity index (χ1) is 8.74. The molecule has 0 spiro atoms. The maximum Gasteiger partial charge on any atom is 0.133 e. The van der Waals surface area contributed by atoms with Crippen molar-refractivity contribution >= 4 is 5.78 Å². The van der Waals surface area contributed by atoms with E-state index in [1.54, 1.807) is 0 Å². The van der Waals surface area contributed by atoms with Crippen molar-refractivity contribution in [2.24, 2.45) is 5.92 Å². The van der Waals surface area contributed by atoms with E-state index in [1.807, 2.05) is 0 Å². The Morgan fingerprint density at radius 1 is 1.33 bits per heavy atom. The third kappa shape index (κ3) is 4.26. The third-order valence-electron chi connectivity index (χ3n) is 3.63.